The largest absolute Gasteiger partial charge is 0.493 e. The molecule has 246 valence electrons. The zero-order valence-corrected chi connectivity index (χ0v) is 29.0. The van der Waals surface area contributed by atoms with E-state index in [1.807, 2.05) is 12.1 Å². The van der Waals surface area contributed by atoms with Crippen molar-refractivity contribution in [2.75, 3.05) is 23.9 Å². The Bertz CT molecular complexity index is 2050. The number of aromatic amines is 1. The lowest BCUT2D eigenvalue weighted by Crippen LogP contribution is -2.42. The molecule has 0 radical (unpaired) electrons. The quantitative estimate of drug-likeness (QED) is 0.194. The van der Waals surface area contributed by atoms with E-state index in [1.54, 1.807) is 60.3 Å². The molecule has 4 aliphatic rings. The molecule has 2 bridgehead atoms. The lowest BCUT2D eigenvalue weighted by atomic mass is 9.68. The zero-order valence-electron chi connectivity index (χ0n) is 25.1. The smallest absolute Gasteiger partial charge is 0.305 e. The minimum Gasteiger partial charge on any atom is -0.493 e. The summed E-state index contributed by atoms with van der Waals surface area (Å²) in [6.45, 7) is -0.280. The van der Waals surface area contributed by atoms with Crippen molar-refractivity contribution in [2.45, 2.75) is 22.6 Å². The minimum absolute atomic E-state index is 0.00979. The number of thioether (sulfide) groups is 1. The lowest BCUT2D eigenvalue weighted by molar-refractivity contribution is -0.123. The molecule has 2 aliphatic carbocycles. The van der Waals surface area contributed by atoms with Crippen LogP contribution in [-0.2, 0) is 14.4 Å². The fourth-order valence-corrected chi connectivity index (χ4v) is 11.5. The highest BCUT2D eigenvalue weighted by atomic mass is 35.5. The van der Waals surface area contributed by atoms with Gasteiger partial charge in [0.2, 0.25) is 11.8 Å². The number of nitrogens with one attached hydrogen (secondary N) is 2. The second kappa shape index (κ2) is 12.1. The summed E-state index contributed by atoms with van der Waals surface area (Å²) >= 11 is 20.9. The van der Waals surface area contributed by atoms with Crippen molar-refractivity contribution in [1.82, 2.24) is 4.98 Å². The van der Waals surface area contributed by atoms with E-state index in [-0.39, 0.29) is 52.2 Å². The first-order chi connectivity index (χ1) is 23.1. The second-order valence-electron chi connectivity index (χ2n) is 12.3. The maximum atomic E-state index is 14.0. The molecule has 4 aromatic rings. The number of aromatic nitrogens is 1. The third-order valence-electron chi connectivity index (χ3n) is 9.92. The fraction of sp³-hybridized carbons (Fsp3) is 0.294. The van der Waals surface area contributed by atoms with Crippen LogP contribution in [0.25, 0.3) is 0 Å². The Morgan fingerprint density at radius 1 is 0.938 bits per heavy atom. The van der Waals surface area contributed by atoms with E-state index >= 15 is 0 Å². The highest BCUT2D eigenvalue weighted by molar-refractivity contribution is 8.00. The van der Waals surface area contributed by atoms with E-state index < -0.39 is 17.7 Å². The van der Waals surface area contributed by atoms with Gasteiger partial charge in [0.15, 0.2) is 18.1 Å². The normalized spacial score (nSPS) is 26.7. The van der Waals surface area contributed by atoms with Gasteiger partial charge in [-0.2, -0.15) is 0 Å². The van der Waals surface area contributed by atoms with Gasteiger partial charge in [-0.25, -0.2) is 0 Å². The standard InChI is InChI=1S/C34H26Cl3N3O6S2/c1-45-23-10-14(2-9-22(23)46-13-24(41)38-16-5-8-20(36)21(37)11-16)25-26-18-12-19(29(26)47-31-30(25)48-34(44)39-31)28-27(18)32(42)40(33(28)43)17-6-3-15(35)4-7-17/h2-11,18-19,25-29H,12-13H2,1H3,(H,38,41)(H,39,44)/t18-,19-,25+,26-,27+,28+,29-/m1/s1. The van der Waals surface area contributed by atoms with E-state index in [9.17, 15) is 19.2 Å². The molecule has 1 aromatic heterocycles. The number of amides is 3. The van der Waals surface area contributed by atoms with Crippen LogP contribution in [-0.4, -0.2) is 41.7 Å². The van der Waals surface area contributed by atoms with Gasteiger partial charge in [0.1, 0.15) is 0 Å². The van der Waals surface area contributed by atoms with Gasteiger partial charge < -0.3 is 19.8 Å². The van der Waals surface area contributed by atoms with E-state index in [0.717, 1.165) is 21.9 Å². The second-order valence-corrected chi connectivity index (χ2v) is 15.8. The van der Waals surface area contributed by atoms with Gasteiger partial charge in [-0.3, -0.25) is 24.1 Å². The molecule has 3 fully saturated rings. The van der Waals surface area contributed by atoms with E-state index in [2.05, 4.69) is 10.3 Å². The summed E-state index contributed by atoms with van der Waals surface area (Å²) in [6, 6.07) is 17.1. The third-order valence-corrected chi connectivity index (χ3v) is 13.5. The molecule has 0 unspecified atom stereocenters. The van der Waals surface area contributed by atoms with Crippen LogP contribution < -0.4 is 24.6 Å². The molecule has 2 aliphatic heterocycles. The van der Waals surface area contributed by atoms with Gasteiger partial charge >= 0.3 is 4.87 Å². The molecular weight excluding hydrogens is 717 g/mol. The summed E-state index contributed by atoms with van der Waals surface area (Å²) in [6.07, 6.45) is 0.769. The van der Waals surface area contributed by atoms with Gasteiger partial charge in [-0.15, -0.1) is 11.8 Å². The number of H-pyrrole nitrogens is 1. The number of imide groups is 1. The molecular formula is C34H26Cl3N3O6S2. The molecule has 48 heavy (non-hydrogen) atoms. The number of carbonyl (C=O) groups excluding carboxylic acids is 3. The van der Waals surface area contributed by atoms with Gasteiger partial charge in [0.25, 0.3) is 5.91 Å². The number of methoxy groups -OCH3 is 1. The summed E-state index contributed by atoms with van der Waals surface area (Å²) in [5, 5.41) is 4.81. The molecule has 8 rings (SSSR count). The predicted molar refractivity (Wildman–Crippen MR) is 186 cm³/mol. The Kier molecular flexibility index (Phi) is 8.03. The van der Waals surface area contributed by atoms with Crippen LogP contribution in [0.4, 0.5) is 11.4 Å². The van der Waals surface area contributed by atoms with Crippen molar-refractivity contribution in [3.63, 3.8) is 0 Å². The van der Waals surface area contributed by atoms with Crippen LogP contribution in [0.15, 0.2) is 70.5 Å². The SMILES string of the molecule is COc1cc([C@@H]2c3sc(=O)[nH]c3S[C@@H]3[C@@H]4C[C@@H]([C@@H]5C(=O)N(c6ccc(Cl)cc6)C(=O)[C@@H]45)[C@H]23)ccc1OCC(=O)Nc1ccc(Cl)c(Cl)c1. The number of fused-ring (bicyclic) bond motifs is 9. The van der Waals surface area contributed by atoms with Crippen LogP contribution in [0, 0.1) is 29.6 Å². The fourth-order valence-electron chi connectivity index (χ4n) is 8.15. The molecule has 7 atom stereocenters. The van der Waals surface area contributed by atoms with Gasteiger partial charge in [0, 0.05) is 26.8 Å². The molecule has 1 saturated heterocycles. The number of benzene rings is 3. The summed E-state index contributed by atoms with van der Waals surface area (Å²) < 4.78 is 11.6. The van der Waals surface area contributed by atoms with Gasteiger partial charge in [0.05, 0.1) is 39.7 Å². The Labute approximate surface area is 297 Å². The number of anilines is 2. The van der Waals surface area contributed by atoms with E-state index in [4.69, 9.17) is 44.3 Å². The first kappa shape index (κ1) is 31.8. The lowest BCUT2D eigenvalue weighted by Gasteiger charge is -2.43. The summed E-state index contributed by atoms with van der Waals surface area (Å²) in [5.41, 5.74) is 1.92. The van der Waals surface area contributed by atoms with Crippen molar-refractivity contribution in [1.29, 1.82) is 0 Å². The van der Waals surface area contributed by atoms with Crippen LogP contribution in [0.1, 0.15) is 22.8 Å². The molecule has 14 heteroatoms. The Balaban J connectivity index is 1.08. The minimum atomic E-state index is -0.432. The number of hydrogen-bond donors (Lipinski definition) is 2. The molecule has 3 amide bonds. The number of nitrogens with zero attached hydrogens (tertiary/aromatic N) is 1. The molecule has 9 nitrogen and oxygen atoms in total. The first-order valence-electron chi connectivity index (χ1n) is 15.2. The Morgan fingerprint density at radius 2 is 1.69 bits per heavy atom. The van der Waals surface area contributed by atoms with Gasteiger partial charge in [-0.05, 0) is 84.3 Å². The average molecular weight is 743 g/mol. The third kappa shape index (κ3) is 5.13. The van der Waals surface area contributed by atoms with Crippen molar-refractivity contribution < 1.29 is 23.9 Å². The van der Waals surface area contributed by atoms with Crippen LogP contribution in [0.2, 0.25) is 15.1 Å². The molecule has 2 saturated carbocycles. The zero-order chi connectivity index (χ0) is 33.4. The molecule has 2 N–H and O–H groups in total. The summed E-state index contributed by atoms with van der Waals surface area (Å²) in [7, 11) is 1.53. The van der Waals surface area contributed by atoms with Crippen LogP contribution in [0.3, 0.4) is 0 Å². The maximum Gasteiger partial charge on any atom is 0.305 e. The van der Waals surface area contributed by atoms with Crippen molar-refractivity contribution >= 4 is 87.0 Å². The molecule has 0 spiro atoms. The molecule has 3 heterocycles. The molecule has 3 aromatic carbocycles. The first-order valence-corrected chi connectivity index (χ1v) is 18.0. The summed E-state index contributed by atoms with van der Waals surface area (Å²) in [5.74, 6) is -1.02. The number of halogens is 3. The summed E-state index contributed by atoms with van der Waals surface area (Å²) in [4.78, 5) is 58.3. The highest BCUT2D eigenvalue weighted by Gasteiger charge is 2.69. The Hall–Kier alpha value is -3.48. The van der Waals surface area contributed by atoms with Crippen LogP contribution in [0.5, 0.6) is 11.5 Å². The topological polar surface area (TPSA) is 118 Å². The number of thiazole rings is 1. The Morgan fingerprint density at radius 3 is 2.42 bits per heavy atom. The maximum absolute atomic E-state index is 14.0. The predicted octanol–water partition coefficient (Wildman–Crippen LogP) is 7.10. The van der Waals surface area contributed by atoms with E-state index in [1.165, 1.54) is 23.3 Å². The van der Waals surface area contributed by atoms with E-state index in [0.29, 0.717) is 37.9 Å². The van der Waals surface area contributed by atoms with Crippen molar-refractivity contribution in [2.24, 2.45) is 29.6 Å². The van der Waals surface area contributed by atoms with Crippen molar-refractivity contribution in [3.05, 3.63) is 95.8 Å². The number of carbonyl (C=O) groups is 3. The average Bonchev–Trinajstić information content (AvgIpc) is 3.81. The number of hydrogen-bond acceptors (Lipinski definition) is 8. The highest BCUT2D eigenvalue weighted by Crippen LogP contribution is 2.68. The number of rotatable bonds is 7. The monoisotopic (exact) mass is 741 g/mol. The van der Waals surface area contributed by atoms with Gasteiger partial charge in [-0.1, -0.05) is 52.2 Å². The number of ether oxygens (including phenoxy) is 2. The van der Waals surface area contributed by atoms with Crippen molar-refractivity contribution in [3.8, 4) is 11.5 Å². The van der Waals surface area contributed by atoms with Crippen LogP contribution >= 0.6 is 57.9 Å².